The zero-order valence-electron chi connectivity index (χ0n) is 6.75. The molecule has 11 heavy (non-hydrogen) atoms. The molecule has 2 nitrogen and oxygen atoms in total. The first-order valence-electron chi connectivity index (χ1n) is 3.67. The van der Waals surface area contributed by atoms with E-state index in [1.165, 1.54) is 19.4 Å². The van der Waals surface area contributed by atoms with Crippen molar-refractivity contribution in [2.24, 2.45) is 11.1 Å². The maximum Gasteiger partial charge on any atom is 0.0237 e. The molecule has 1 heterocycles. The zero-order valence-corrected chi connectivity index (χ0v) is 8.38. The van der Waals surface area contributed by atoms with Gasteiger partial charge in [-0.25, -0.2) is 0 Å². The Morgan fingerprint density at radius 1 is 1.36 bits per heavy atom. The van der Waals surface area contributed by atoms with Crippen LogP contribution in [-0.4, -0.2) is 31.1 Å². The van der Waals surface area contributed by atoms with E-state index in [1.54, 1.807) is 0 Å². The van der Waals surface area contributed by atoms with Crippen LogP contribution in [0.5, 0.6) is 0 Å². The molecule has 0 aromatic carbocycles. The summed E-state index contributed by atoms with van der Waals surface area (Å²) in [5.74, 6) is 0. The van der Waals surface area contributed by atoms with Gasteiger partial charge in [0, 0.05) is 19.1 Å². The minimum Gasteiger partial charge on any atom is -0.326 e. The Morgan fingerprint density at radius 3 is 2.09 bits per heavy atom. The predicted octanol–water partition coefficient (Wildman–Crippen LogP) is 0.883. The van der Waals surface area contributed by atoms with Crippen LogP contribution in [0.4, 0.5) is 0 Å². The molecule has 1 aliphatic heterocycles. The summed E-state index contributed by atoms with van der Waals surface area (Å²) in [5.41, 5.74) is 6.50. The van der Waals surface area contributed by atoms with E-state index in [0.717, 1.165) is 6.54 Å². The molecule has 0 bridgehead atoms. The molecule has 1 saturated carbocycles. The number of nitrogens with two attached hydrogens (primary N) is 1. The summed E-state index contributed by atoms with van der Waals surface area (Å²) in [5, 5.41) is 0. The van der Waals surface area contributed by atoms with Gasteiger partial charge in [-0.15, -0.1) is 24.8 Å². The molecule has 2 N–H and O–H groups in total. The lowest BCUT2D eigenvalue weighted by atomic mass is 10.0. The predicted molar refractivity (Wildman–Crippen MR) is 51.6 cm³/mol. The van der Waals surface area contributed by atoms with Crippen molar-refractivity contribution in [3.05, 3.63) is 0 Å². The van der Waals surface area contributed by atoms with E-state index in [1.807, 2.05) is 0 Å². The Morgan fingerprint density at radius 2 is 1.91 bits per heavy atom. The quantitative estimate of drug-likeness (QED) is 0.627. The van der Waals surface area contributed by atoms with Crippen molar-refractivity contribution in [2.45, 2.75) is 18.9 Å². The van der Waals surface area contributed by atoms with Crippen molar-refractivity contribution in [3.63, 3.8) is 0 Å². The molecule has 1 aliphatic carbocycles. The van der Waals surface area contributed by atoms with Crippen molar-refractivity contribution < 1.29 is 0 Å². The monoisotopic (exact) mass is 198 g/mol. The first-order chi connectivity index (χ1) is 4.23. The van der Waals surface area contributed by atoms with Crippen molar-refractivity contribution in [1.82, 2.24) is 4.90 Å². The average Bonchev–Trinajstić information content (AvgIpc) is 2.42. The number of likely N-dealkylation sites (tertiary alicyclic amines) is 1. The van der Waals surface area contributed by atoms with E-state index in [0.29, 0.717) is 11.5 Å². The maximum absolute atomic E-state index is 5.92. The first-order valence-corrected chi connectivity index (χ1v) is 3.67. The van der Waals surface area contributed by atoms with Gasteiger partial charge in [-0.2, -0.15) is 0 Å². The third-order valence-electron chi connectivity index (χ3n) is 2.77. The Hall–Kier alpha value is 0.500. The zero-order chi connectivity index (χ0) is 6.48. The van der Waals surface area contributed by atoms with Gasteiger partial charge in [0.05, 0.1) is 0 Å². The molecule has 0 amide bonds. The SMILES string of the molecule is CN1CC(N)C2(CC2)C1.Cl.Cl. The van der Waals surface area contributed by atoms with Gasteiger partial charge in [0.2, 0.25) is 0 Å². The smallest absolute Gasteiger partial charge is 0.0237 e. The second-order valence-electron chi connectivity index (χ2n) is 3.67. The first kappa shape index (κ1) is 11.5. The molecule has 1 saturated heterocycles. The van der Waals surface area contributed by atoms with Crippen LogP contribution in [0.25, 0.3) is 0 Å². The topological polar surface area (TPSA) is 29.3 Å². The summed E-state index contributed by atoms with van der Waals surface area (Å²) in [6.07, 6.45) is 2.75. The normalized spacial score (nSPS) is 32.7. The molecular formula is C7H16Cl2N2. The third-order valence-corrected chi connectivity index (χ3v) is 2.77. The Labute approximate surface area is 80.3 Å². The lowest BCUT2D eigenvalue weighted by molar-refractivity contribution is 0.389. The molecule has 1 unspecified atom stereocenters. The van der Waals surface area contributed by atoms with Crippen LogP contribution >= 0.6 is 24.8 Å². The lowest BCUT2D eigenvalue weighted by Gasteiger charge is -2.08. The highest BCUT2D eigenvalue weighted by atomic mass is 35.5. The van der Waals surface area contributed by atoms with Crippen LogP contribution in [-0.2, 0) is 0 Å². The van der Waals surface area contributed by atoms with Gasteiger partial charge in [-0.05, 0) is 25.3 Å². The second kappa shape index (κ2) is 3.48. The van der Waals surface area contributed by atoms with Crippen LogP contribution in [0, 0.1) is 5.41 Å². The van der Waals surface area contributed by atoms with Gasteiger partial charge in [0.15, 0.2) is 0 Å². The molecule has 1 spiro atoms. The van der Waals surface area contributed by atoms with E-state index in [4.69, 9.17) is 5.73 Å². The van der Waals surface area contributed by atoms with E-state index in [9.17, 15) is 0 Å². The molecule has 0 radical (unpaired) electrons. The second-order valence-corrected chi connectivity index (χ2v) is 3.67. The minimum atomic E-state index is 0. The number of halogens is 2. The lowest BCUT2D eigenvalue weighted by Crippen LogP contribution is -2.30. The van der Waals surface area contributed by atoms with Gasteiger partial charge in [-0.3, -0.25) is 0 Å². The highest BCUT2D eigenvalue weighted by Gasteiger charge is 2.52. The van der Waals surface area contributed by atoms with Gasteiger partial charge < -0.3 is 10.6 Å². The van der Waals surface area contributed by atoms with Crippen LogP contribution < -0.4 is 5.73 Å². The molecule has 2 rings (SSSR count). The molecule has 0 aromatic heterocycles. The summed E-state index contributed by atoms with van der Waals surface area (Å²) >= 11 is 0. The van der Waals surface area contributed by atoms with Crippen LogP contribution in [0.2, 0.25) is 0 Å². The molecule has 68 valence electrons. The van der Waals surface area contributed by atoms with Crippen molar-refractivity contribution in [1.29, 1.82) is 0 Å². The summed E-state index contributed by atoms with van der Waals surface area (Å²) in [7, 11) is 2.16. The van der Waals surface area contributed by atoms with Crippen LogP contribution in [0.3, 0.4) is 0 Å². The van der Waals surface area contributed by atoms with Crippen molar-refractivity contribution >= 4 is 24.8 Å². The highest BCUT2D eigenvalue weighted by molar-refractivity contribution is 5.85. The average molecular weight is 199 g/mol. The fourth-order valence-electron chi connectivity index (χ4n) is 1.94. The Balaban J connectivity index is 0.000000500. The number of rotatable bonds is 0. The van der Waals surface area contributed by atoms with Crippen LogP contribution in [0.1, 0.15) is 12.8 Å². The van der Waals surface area contributed by atoms with Crippen LogP contribution in [0.15, 0.2) is 0 Å². The largest absolute Gasteiger partial charge is 0.326 e. The standard InChI is InChI=1S/C7H14N2.2ClH/c1-9-4-6(8)7(5-9)2-3-7;;/h6H,2-5,8H2,1H3;2*1H. The number of nitrogens with zero attached hydrogens (tertiary/aromatic N) is 1. The van der Waals surface area contributed by atoms with Crippen molar-refractivity contribution in [3.8, 4) is 0 Å². The van der Waals surface area contributed by atoms with Gasteiger partial charge >= 0.3 is 0 Å². The van der Waals surface area contributed by atoms with Gasteiger partial charge in [0.25, 0.3) is 0 Å². The van der Waals surface area contributed by atoms with E-state index in [2.05, 4.69) is 11.9 Å². The highest BCUT2D eigenvalue weighted by Crippen LogP contribution is 2.51. The fourth-order valence-corrected chi connectivity index (χ4v) is 1.94. The van der Waals surface area contributed by atoms with E-state index >= 15 is 0 Å². The third kappa shape index (κ3) is 1.81. The minimum absolute atomic E-state index is 0. The molecule has 1 atom stereocenters. The van der Waals surface area contributed by atoms with E-state index < -0.39 is 0 Å². The number of likely N-dealkylation sites (N-methyl/N-ethyl adjacent to an activating group) is 1. The summed E-state index contributed by atoms with van der Waals surface area (Å²) in [6.45, 7) is 2.36. The maximum atomic E-state index is 5.92. The van der Waals surface area contributed by atoms with E-state index in [-0.39, 0.29) is 24.8 Å². The Kier molecular flexibility index (Phi) is 3.64. The molecule has 4 heteroatoms. The summed E-state index contributed by atoms with van der Waals surface area (Å²) < 4.78 is 0. The molecule has 0 aromatic rings. The fraction of sp³-hybridized carbons (Fsp3) is 1.00. The van der Waals surface area contributed by atoms with Gasteiger partial charge in [-0.1, -0.05) is 0 Å². The van der Waals surface area contributed by atoms with Gasteiger partial charge in [0.1, 0.15) is 0 Å². The summed E-state index contributed by atoms with van der Waals surface area (Å²) in [4.78, 5) is 2.34. The summed E-state index contributed by atoms with van der Waals surface area (Å²) in [6, 6.07) is 0.475. The molecule has 2 fully saturated rings. The Bertz CT molecular complexity index is 136. The molecule has 2 aliphatic rings. The number of hydrogen-bond acceptors (Lipinski definition) is 2. The number of hydrogen-bond donors (Lipinski definition) is 1. The van der Waals surface area contributed by atoms with Crippen molar-refractivity contribution in [2.75, 3.05) is 20.1 Å². The molecular weight excluding hydrogens is 183 g/mol.